The Kier molecular flexibility index (Phi) is 8.42. The van der Waals surface area contributed by atoms with Crippen LogP contribution in [0.4, 0.5) is 5.69 Å². The Hall–Kier alpha value is -0.800. The van der Waals surface area contributed by atoms with Gasteiger partial charge in [0.15, 0.2) is 5.11 Å². The summed E-state index contributed by atoms with van der Waals surface area (Å²) >= 11 is 25.6. The van der Waals surface area contributed by atoms with E-state index in [9.17, 15) is 4.79 Å². The number of hydrogen-bond donors (Lipinski definition) is 3. The van der Waals surface area contributed by atoms with Gasteiger partial charge in [-0.05, 0) is 71.1 Å². The molecule has 4 nitrogen and oxygen atoms in total. The van der Waals surface area contributed by atoms with Gasteiger partial charge in [0.2, 0.25) is 9.70 Å². The van der Waals surface area contributed by atoms with Gasteiger partial charge in [0.25, 0.3) is 0 Å². The highest BCUT2D eigenvalue weighted by Crippen LogP contribution is 2.29. The summed E-state index contributed by atoms with van der Waals surface area (Å²) < 4.78 is -0.680. The minimum atomic E-state index is -1.79. The van der Waals surface area contributed by atoms with E-state index in [1.54, 1.807) is 0 Å². The molecule has 2 rings (SSSR count). The Morgan fingerprint density at radius 3 is 2.41 bits per heavy atom. The molecule has 0 aliphatic carbocycles. The Morgan fingerprint density at radius 2 is 1.81 bits per heavy atom. The van der Waals surface area contributed by atoms with E-state index >= 15 is 0 Å². The van der Waals surface area contributed by atoms with Gasteiger partial charge >= 0.3 is 0 Å². The van der Waals surface area contributed by atoms with Crippen LogP contribution < -0.4 is 16.0 Å². The Balaban J connectivity index is 2.01. The molecule has 27 heavy (non-hydrogen) atoms. The number of halogens is 4. The first-order valence-electron chi connectivity index (χ1n) is 7.89. The second-order valence-corrected chi connectivity index (χ2v) is 9.79. The number of carbonyl (C=O) groups is 1. The maximum atomic E-state index is 12.3. The first kappa shape index (κ1) is 22.5. The zero-order valence-corrected chi connectivity index (χ0v) is 19.5. The van der Waals surface area contributed by atoms with E-state index in [1.807, 2.05) is 55.5 Å². The molecule has 1 amide bonds. The summed E-state index contributed by atoms with van der Waals surface area (Å²) in [5.74, 6) is -0.293. The smallest absolute Gasteiger partial charge is 0.228 e. The molecule has 9 heteroatoms. The number of benzene rings is 2. The molecule has 3 N–H and O–H groups in total. The SMILES string of the molecule is Cc1cc(I)ccc1NC(=S)NC(NC(=O)Cc1ccccc1)C(Cl)(Cl)Cl. The van der Waals surface area contributed by atoms with Gasteiger partial charge < -0.3 is 16.0 Å². The minimum absolute atomic E-state index is 0.163. The molecular formula is C18H17Cl3IN3OS. The van der Waals surface area contributed by atoms with E-state index in [2.05, 4.69) is 38.5 Å². The van der Waals surface area contributed by atoms with Crippen LogP contribution in [0, 0.1) is 10.5 Å². The summed E-state index contributed by atoms with van der Waals surface area (Å²) in [6.07, 6.45) is -0.834. The molecule has 0 fully saturated rings. The molecule has 0 aromatic heterocycles. The average Bonchev–Trinajstić information content (AvgIpc) is 2.57. The number of aryl methyl sites for hydroxylation is 1. The molecular weight excluding hydrogens is 540 g/mol. The van der Waals surface area contributed by atoms with Crippen molar-refractivity contribution in [2.45, 2.75) is 23.3 Å². The van der Waals surface area contributed by atoms with Gasteiger partial charge in [-0.25, -0.2) is 0 Å². The van der Waals surface area contributed by atoms with Crippen molar-refractivity contribution in [1.82, 2.24) is 10.6 Å². The highest BCUT2D eigenvalue weighted by atomic mass is 127. The molecule has 144 valence electrons. The lowest BCUT2D eigenvalue weighted by Crippen LogP contribution is -2.56. The van der Waals surface area contributed by atoms with Crippen LogP contribution in [0.2, 0.25) is 0 Å². The number of carbonyl (C=O) groups excluding carboxylic acids is 1. The largest absolute Gasteiger partial charge is 0.339 e. The third kappa shape index (κ3) is 7.62. The monoisotopic (exact) mass is 555 g/mol. The standard InChI is InChI=1S/C18H17Cl3IN3OS/c1-11-9-13(22)7-8-14(11)23-17(27)25-16(18(19,20)21)24-15(26)10-12-5-3-2-4-6-12/h2-9,16H,10H2,1H3,(H,24,26)(H2,23,25,27). The average molecular weight is 557 g/mol. The molecule has 0 bridgehead atoms. The van der Waals surface area contributed by atoms with Crippen molar-refractivity contribution < 1.29 is 4.79 Å². The van der Waals surface area contributed by atoms with Gasteiger partial charge in [0.1, 0.15) is 6.17 Å². The summed E-state index contributed by atoms with van der Waals surface area (Å²) in [7, 11) is 0. The molecule has 0 heterocycles. The maximum Gasteiger partial charge on any atom is 0.228 e. The lowest BCUT2D eigenvalue weighted by Gasteiger charge is -2.28. The number of hydrogen-bond acceptors (Lipinski definition) is 2. The van der Waals surface area contributed by atoms with Crippen molar-refractivity contribution in [2.24, 2.45) is 0 Å². The first-order chi connectivity index (χ1) is 12.6. The fraction of sp³-hybridized carbons (Fsp3) is 0.222. The van der Waals surface area contributed by atoms with E-state index in [4.69, 9.17) is 47.0 Å². The van der Waals surface area contributed by atoms with Gasteiger partial charge in [0.05, 0.1) is 6.42 Å². The number of amides is 1. The molecule has 2 aromatic rings. The number of alkyl halides is 3. The molecule has 2 aromatic carbocycles. The summed E-state index contributed by atoms with van der Waals surface area (Å²) in [4.78, 5) is 12.3. The summed E-state index contributed by atoms with van der Waals surface area (Å²) in [6, 6.07) is 15.2. The predicted molar refractivity (Wildman–Crippen MR) is 126 cm³/mol. The van der Waals surface area contributed by atoms with Crippen LogP contribution in [0.15, 0.2) is 48.5 Å². The highest BCUT2D eigenvalue weighted by molar-refractivity contribution is 14.1. The normalized spacial score (nSPS) is 12.2. The molecule has 0 saturated carbocycles. The van der Waals surface area contributed by atoms with Crippen molar-refractivity contribution in [3.05, 3.63) is 63.2 Å². The maximum absolute atomic E-state index is 12.3. The van der Waals surface area contributed by atoms with E-state index < -0.39 is 9.96 Å². The molecule has 0 radical (unpaired) electrons. The molecule has 0 spiro atoms. The third-order valence-electron chi connectivity index (χ3n) is 3.55. The number of rotatable bonds is 5. The van der Waals surface area contributed by atoms with Crippen LogP contribution in [0.25, 0.3) is 0 Å². The summed E-state index contributed by atoms with van der Waals surface area (Å²) in [5.41, 5.74) is 2.70. The van der Waals surface area contributed by atoms with Crippen molar-refractivity contribution in [2.75, 3.05) is 5.32 Å². The topological polar surface area (TPSA) is 53.2 Å². The first-order valence-corrected chi connectivity index (χ1v) is 10.5. The lowest BCUT2D eigenvalue weighted by molar-refractivity contribution is -0.121. The van der Waals surface area contributed by atoms with E-state index in [1.165, 1.54) is 0 Å². The van der Waals surface area contributed by atoms with Crippen LogP contribution in [0.5, 0.6) is 0 Å². The number of nitrogens with one attached hydrogen (secondary N) is 3. The summed E-state index contributed by atoms with van der Waals surface area (Å²) in [5, 5.41) is 8.81. The predicted octanol–water partition coefficient (Wildman–Crippen LogP) is 4.94. The van der Waals surface area contributed by atoms with Gasteiger partial charge in [-0.2, -0.15) is 0 Å². The second kappa shape index (κ2) is 10.1. The Morgan fingerprint density at radius 1 is 1.15 bits per heavy atom. The van der Waals surface area contributed by atoms with Crippen molar-refractivity contribution in [3.8, 4) is 0 Å². The van der Waals surface area contributed by atoms with Crippen LogP contribution in [0.1, 0.15) is 11.1 Å². The Bertz CT molecular complexity index is 815. The van der Waals surface area contributed by atoms with E-state index in [-0.39, 0.29) is 17.4 Å². The van der Waals surface area contributed by atoms with Crippen molar-refractivity contribution in [1.29, 1.82) is 0 Å². The zero-order valence-electron chi connectivity index (χ0n) is 14.2. The minimum Gasteiger partial charge on any atom is -0.339 e. The van der Waals surface area contributed by atoms with Crippen LogP contribution in [0.3, 0.4) is 0 Å². The van der Waals surface area contributed by atoms with Crippen LogP contribution >= 0.6 is 69.6 Å². The second-order valence-electron chi connectivity index (χ2n) is 5.76. The van der Waals surface area contributed by atoms with Crippen LogP contribution in [-0.2, 0) is 11.2 Å². The third-order valence-corrected chi connectivity index (χ3v) is 5.10. The van der Waals surface area contributed by atoms with Crippen molar-refractivity contribution >= 4 is 86.3 Å². The zero-order chi connectivity index (χ0) is 20.0. The highest BCUT2D eigenvalue weighted by Gasteiger charge is 2.34. The molecule has 0 saturated heterocycles. The van der Waals surface area contributed by atoms with E-state index in [0.717, 1.165) is 20.4 Å². The lowest BCUT2D eigenvalue weighted by atomic mass is 10.1. The van der Waals surface area contributed by atoms with Gasteiger partial charge in [-0.15, -0.1) is 0 Å². The molecule has 1 unspecified atom stereocenters. The molecule has 0 aliphatic heterocycles. The van der Waals surface area contributed by atoms with Crippen LogP contribution in [-0.4, -0.2) is 21.0 Å². The summed E-state index contributed by atoms with van der Waals surface area (Å²) in [6.45, 7) is 1.96. The van der Waals surface area contributed by atoms with Gasteiger partial charge in [0, 0.05) is 9.26 Å². The Labute approximate surface area is 192 Å². The quantitative estimate of drug-likeness (QED) is 0.211. The van der Waals surface area contributed by atoms with Gasteiger partial charge in [-0.3, -0.25) is 4.79 Å². The van der Waals surface area contributed by atoms with Gasteiger partial charge in [-0.1, -0.05) is 65.1 Å². The number of anilines is 1. The number of thiocarbonyl (C=S) groups is 1. The fourth-order valence-electron chi connectivity index (χ4n) is 2.25. The molecule has 1 atom stereocenters. The van der Waals surface area contributed by atoms with Crippen molar-refractivity contribution in [3.63, 3.8) is 0 Å². The van der Waals surface area contributed by atoms with E-state index in [0.29, 0.717) is 0 Å². The molecule has 0 aliphatic rings. The fourth-order valence-corrected chi connectivity index (χ4v) is 3.45.